The van der Waals surface area contributed by atoms with Gasteiger partial charge in [-0.15, -0.1) is 0 Å². The second-order valence-corrected chi connectivity index (χ2v) is 7.81. The predicted octanol–water partition coefficient (Wildman–Crippen LogP) is 3.20. The molecule has 1 aliphatic heterocycles. The lowest BCUT2D eigenvalue weighted by atomic mass is 10.2. The number of rotatable bonds is 5. The number of para-hydroxylation sites is 2. The molecule has 0 atom stereocenters. The fourth-order valence-corrected chi connectivity index (χ4v) is 3.85. The summed E-state index contributed by atoms with van der Waals surface area (Å²) in [5.41, 5.74) is 2.56. The van der Waals surface area contributed by atoms with Crippen LogP contribution >= 0.6 is 15.9 Å². The largest absolute Gasteiger partial charge is 0.482 e. The number of halogens is 1. The molecule has 0 radical (unpaired) electrons. The Morgan fingerprint density at radius 1 is 1.28 bits per heavy atom. The highest BCUT2D eigenvalue weighted by atomic mass is 79.9. The number of fused-ring (bicyclic) bond motifs is 2. The topological polar surface area (TPSA) is 67.7 Å². The van der Waals surface area contributed by atoms with Crippen molar-refractivity contribution < 1.29 is 14.3 Å². The van der Waals surface area contributed by atoms with Gasteiger partial charge in [0, 0.05) is 18.1 Å². The van der Waals surface area contributed by atoms with E-state index in [-0.39, 0.29) is 25.0 Å². The van der Waals surface area contributed by atoms with Gasteiger partial charge < -0.3 is 14.2 Å². The highest BCUT2D eigenvalue weighted by Crippen LogP contribution is 2.34. The van der Waals surface area contributed by atoms with Gasteiger partial charge in [0.15, 0.2) is 6.61 Å². The summed E-state index contributed by atoms with van der Waals surface area (Å²) in [5, 5.41) is 0. The molecule has 2 heterocycles. The first-order valence-corrected chi connectivity index (χ1v) is 10.2. The van der Waals surface area contributed by atoms with Crippen LogP contribution in [0, 0.1) is 0 Å². The summed E-state index contributed by atoms with van der Waals surface area (Å²) in [6.07, 6.45) is 0. The molecule has 1 aliphatic rings. The molecule has 0 unspecified atom stereocenters. The van der Waals surface area contributed by atoms with Crippen LogP contribution in [-0.2, 0) is 22.7 Å². The van der Waals surface area contributed by atoms with E-state index >= 15 is 0 Å². The fraction of sp³-hybridized carbons (Fsp3) is 0.286. The first kappa shape index (κ1) is 19.4. The van der Waals surface area contributed by atoms with E-state index in [0.29, 0.717) is 18.0 Å². The maximum absolute atomic E-state index is 12.9. The number of aryl methyl sites for hydroxylation is 1. The minimum Gasteiger partial charge on any atom is -0.482 e. The standard InChI is InChI=1S/C21H21BrN4O3/c1-3-25-16-7-5-4-6-15(16)23-19(25)11-24(2)20(27)12-26-17-9-8-14(22)10-18(17)29-13-21(26)28/h4-10H,3,11-13H2,1-2H3. The van der Waals surface area contributed by atoms with Crippen LogP contribution in [-0.4, -0.2) is 46.5 Å². The maximum Gasteiger partial charge on any atom is 0.265 e. The molecule has 2 amide bonds. The normalized spacial score (nSPS) is 13.3. The Bertz CT molecular complexity index is 1090. The van der Waals surface area contributed by atoms with Crippen LogP contribution < -0.4 is 9.64 Å². The number of anilines is 1. The zero-order valence-corrected chi connectivity index (χ0v) is 17.8. The molecule has 0 bridgehead atoms. The minimum absolute atomic E-state index is 0.0420. The van der Waals surface area contributed by atoms with Crippen LogP contribution in [0.3, 0.4) is 0 Å². The van der Waals surface area contributed by atoms with Crippen LogP contribution in [0.25, 0.3) is 11.0 Å². The lowest BCUT2D eigenvalue weighted by Crippen LogP contribution is -2.45. The van der Waals surface area contributed by atoms with Crippen LogP contribution in [0.5, 0.6) is 5.75 Å². The molecular weight excluding hydrogens is 436 g/mol. The van der Waals surface area contributed by atoms with Gasteiger partial charge in [-0.3, -0.25) is 14.5 Å². The van der Waals surface area contributed by atoms with E-state index in [2.05, 4.69) is 32.4 Å². The molecule has 0 aliphatic carbocycles. The summed E-state index contributed by atoms with van der Waals surface area (Å²) in [6, 6.07) is 13.3. The molecule has 3 aromatic rings. The minimum atomic E-state index is -0.234. The molecule has 0 N–H and O–H groups in total. The van der Waals surface area contributed by atoms with Crippen molar-refractivity contribution in [1.29, 1.82) is 0 Å². The molecule has 1 aromatic heterocycles. The fourth-order valence-electron chi connectivity index (χ4n) is 3.51. The number of carbonyl (C=O) groups excluding carboxylic acids is 2. The summed E-state index contributed by atoms with van der Waals surface area (Å²) in [4.78, 5) is 33.0. The number of benzene rings is 2. The number of ether oxygens (including phenoxy) is 1. The van der Waals surface area contributed by atoms with E-state index in [1.54, 1.807) is 24.1 Å². The lowest BCUT2D eigenvalue weighted by Gasteiger charge is -2.30. The second kappa shape index (κ2) is 7.87. The summed E-state index contributed by atoms with van der Waals surface area (Å²) in [7, 11) is 1.73. The van der Waals surface area contributed by atoms with Crippen molar-refractivity contribution in [3.63, 3.8) is 0 Å². The number of nitrogens with zero attached hydrogens (tertiary/aromatic N) is 4. The summed E-state index contributed by atoms with van der Waals surface area (Å²) in [6.45, 7) is 3.07. The Hall–Kier alpha value is -2.87. The molecular formula is C21H21BrN4O3. The first-order valence-electron chi connectivity index (χ1n) is 9.38. The molecule has 0 saturated heterocycles. The van der Waals surface area contributed by atoms with Gasteiger partial charge in [-0.25, -0.2) is 4.98 Å². The Morgan fingerprint density at radius 3 is 2.86 bits per heavy atom. The van der Waals surface area contributed by atoms with Gasteiger partial charge in [-0.1, -0.05) is 28.1 Å². The molecule has 7 nitrogen and oxygen atoms in total. The highest BCUT2D eigenvalue weighted by Gasteiger charge is 2.28. The zero-order valence-electron chi connectivity index (χ0n) is 16.3. The SMILES string of the molecule is CCn1c(CN(C)C(=O)CN2C(=O)COc3cc(Br)ccc32)nc2ccccc21. The monoisotopic (exact) mass is 456 g/mol. The van der Waals surface area contributed by atoms with E-state index in [1.807, 2.05) is 30.3 Å². The number of likely N-dealkylation sites (N-methyl/N-ethyl adjacent to an activating group) is 1. The van der Waals surface area contributed by atoms with Crippen LogP contribution in [0.15, 0.2) is 46.9 Å². The maximum atomic E-state index is 12.9. The van der Waals surface area contributed by atoms with Crippen molar-refractivity contribution in [1.82, 2.24) is 14.5 Å². The van der Waals surface area contributed by atoms with Gasteiger partial charge in [-0.05, 0) is 37.3 Å². The molecule has 0 fully saturated rings. The van der Waals surface area contributed by atoms with Gasteiger partial charge >= 0.3 is 0 Å². The van der Waals surface area contributed by atoms with Crippen molar-refractivity contribution in [3.05, 3.63) is 52.8 Å². The van der Waals surface area contributed by atoms with Crippen molar-refractivity contribution in [3.8, 4) is 5.75 Å². The predicted molar refractivity (Wildman–Crippen MR) is 114 cm³/mol. The van der Waals surface area contributed by atoms with Crippen molar-refractivity contribution in [2.75, 3.05) is 25.1 Å². The van der Waals surface area contributed by atoms with Gasteiger partial charge in [0.25, 0.3) is 5.91 Å². The van der Waals surface area contributed by atoms with Crippen LogP contribution in [0.4, 0.5) is 5.69 Å². The lowest BCUT2D eigenvalue weighted by molar-refractivity contribution is -0.131. The van der Waals surface area contributed by atoms with E-state index < -0.39 is 0 Å². The van der Waals surface area contributed by atoms with Crippen LogP contribution in [0.1, 0.15) is 12.7 Å². The summed E-state index contributed by atoms with van der Waals surface area (Å²) < 4.78 is 8.45. The molecule has 29 heavy (non-hydrogen) atoms. The Balaban J connectivity index is 1.53. The number of imidazole rings is 1. The Labute approximate surface area is 177 Å². The third kappa shape index (κ3) is 3.72. The van der Waals surface area contributed by atoms with E-state index in [0.717, 1.165) is 27.9 Å². The smallest absolute Gasteiger partial charge is 0.265 e. The van der Waals surface area contributed by atoms with Crippen LogP contribution in [0.2, 0.25) is 0 Å². The molecule has 150 valence electrons. The van der Waals surface area contributed by atoms with Crippen molar-refractivity contribution in [2.24, 2.45) is 0 Å². The molecule has 2 aromatic carbocycles. The van der Waals surface area contributed by atoms with E-state index in [9.17, 15) is 9.59 Å². The van der Waals surface area contributed by atoms with E-state index in [1.165, 1.54) is 4.90 Å². The van der Waals surface area contributed by atoms with Gasteiger partial charge in [0.1, 0.15) is 18.1 Å². The van der Waals surface area contributed by atoms with Crippen molar-refractivity contribution in [2.45, 2.75) is 20.0 Å². The van der Waals surface area contributed by atoms with Crippen molar-refractivity contribution >= 4 is 44.5 Å². The third-order valence-electron chi connectivity index (χ3n) is 5.01. The number of amides is 2. The number of hydrogen-bond donors (Lipinski definition) is 0. The Morgan fingerprint density at radius 2 is 2.07 bits per heavy atom. The summed E-state index contributed by atoms with van der Waals surface area (Å²) in [5.74, 6) is 1.01. The number of hydrogen-bond acceptors (Lipinski definition) is 4. The third-order valence-corrected chi connectivity index (χ3v) is 5.51. The summed E-state index contributed by atoms with van der Waals surface area (Å²) >= 11 is 3.40. The molecule has 0 saturated carbocycles. The first-order chi connectivity index (χ1) is 14.0. The zero-order chi connectivity index (χ0) is 20.5. The van der Waals surface area contributed by atoms with E-state index in [4.69, 9.17) is 4.74 Å². The Kier molecular flexibility index (Phi) is 5.27. The van der Waals surface area contributed by atoms with Gasteiger partial charge in [0.2, 0.25) is 5.91 Å². The highest BCUT2D eigenvalue weighted by molar-refractivity contribution is 9.10. The molecule has 4 rings (SSSR count). The molecule has 8 heteroatoms. The second-order valence-electron chi connectivity index (χ2n) is 6.89. The quantitative estimate of drug-likeness (QED) is 0.590. The average Bonchev–Trinajstić information content (AvgIpc) is 3.06. The molecule has 0 spiro atoms. The number of carbonyl (C=O) groups is 2. The van der Waals surface area contributed by atoms with Gasteiger partial charge in [0.05, 0.1) is 23.3 Å². The number of aromatic nitrogens is 2. The van der Waals surface area contributed by atoms with Gasteiger partial charge in [-0.2, -0.15) is 0 Å². The average molecular weight is 457 g/mol.